The summed E-state index contributed by atoms with van der Waals surface area (Å²) < 4.78 is 5.82. The van der Waals surface area contributed by atoms with Crippen LogP contribution in [-0.2, 0) is 4.74 Å². The van der Waals surface area contributed by atoms with E-state index in [0.29, 0.717) is 6.61 Å². The van der Waals surface area contributed by atoms with Gasteiger partial charge in [-0.2, -0.15) is 0 Å². The van der Waals surface area contributed by atoms with E-state index in [0.717, 1.165) is 34.7 Å². The molecule has 1 N–H and O–H groups in total. The highest BCUT2D eigenvalue weighted by atomic mass is 16.5. The van der Waals surface area contributed by atoms with Gasteiger partial charge in [0.15, 0.2) is 0 Å². The van der Waals surface area contributed by atoms with Gasteiger partial charge in [0.05, 0.1) is 19.2 Å². The highest BCUT2D eigenvalue weighted by Crippen LogP contribution is 2.24. The number of aromatic nitrogens is 1. The van der Waals surface area contributed by atoms with Crippen molar-refractivity contribution >= 4 is 11.7 Å². The van der Waals surface area contributed by atoms with Crippen LogP contribution < -0.4 is 4.90 Å². The fourth-order valence-corrected chi connectivity index (χ4v) is 2.81. The van der Waals surface area contributed by atoms with Crippen molar-refractivity contribution < 1.29 is 9.64 Å². The van der Waals surface area contributed by atoms with Gasteiger partial charge in [-0.1, -0.05) is 23.0 Å². The molecule has 5 nitrogen and oxygen atoms in total. The Balaban J connectivity index is 1.51. The summed E-state index contributed by atoms with van der Waals surface area (Å²) in [5.74, 6) is 2.61. The molecule has 0 spiro atoms. The van der Waals surface area contributed by atoms with Gasteiger partial charge in [0.2, 0.25) is 0 Å². The van der Waals surface area contributed by atoms with Gasteiger partial charge in [0.1, 0.15) is 6.61 Å². The topological polar surface area (TPSA) is 51.3 Å². The average Bonchev–Trinajstić information content (AvgIpc) is 3.11. The zero-order chi connectivity index (χ0) is 13.8. The van der Waals surface area contributed by atoms with Crippen molar-refractivity contribution in [1.82, 2.24) is 4.98 Å². The fraction of sp³-hybridized carbons (Fsp3) is 0.533. The second-order valence-electron chi connectivity index (χ2n) is 5.53. The predicted octanol–water partition coefficient (Wildman–Crippen LogP) is 0.877. The third kappa shape index (κ3) is 2.94. The molecular formula is C15H21N4O+. The van der Waals surface area contributed by atoms with Gasteiger partial charge >= 0.3 is 0 Å². The number of hydrogen-bond acceptors (Lipinski definition) is 4. The number of likely N-dealkylation sites (N-methyl/N-ethyl adjacent to an activating group) is 1. The number of ether oxygens (including phenoxy) is 1. The quantitative estimate of drug-likeness (QED) is 0.865. The van der Waals surface area contributed by atoms with E-state index in [1.165, 1.54) is 25.7 Å². The summed E-state index contributed by atoms with van der Waals surface area (Å²) in [5, 5.41) is 8.52. The Morgan fingerprint density at radius 2 is 2.15 bits per heavy atom. The molecule has 1 aromatic rings. The van der Waals surface area contributed by atoms with E-state index in [1.54, 1.807) is 6.20 Å². The van der Waals surface area contributed by atoms with Crippen LogP contribution in [0, 0.1) is 5.92 Å². The Bertz CT molecular complexity index is 506. The van der Waals surface area contributed by atoms with Crippen LogP contribution in [0.5, 0.6) is 0 Å². The monoisotopic (exact) mass is 273 g/mol. The maximum atomic E-state index is 5.82. The summed E-state index contributed by atoms with van der Waals surface area (Å²) in [6.07, 6.45) is 8.92. The summed E-state index contributed by atoms with van der Waals surface area (Å²) in [6.45, 7) is 1.42. The normalized spacial score (nSPS) is 22.9. The van der Waals surface area contributed by atoms with E-state index in [9.17, 15) is 0 Å². The molecule has 0 aromatic carbocycles. The number of nitrogens with one attached hydrogen (secondary N) is 1. The van der Waals surface area contributed by atoms with Crippen LogP contribution in [0.2, 0.25) is 0 Å². The van der Waals surface area contributed by atoms with Crippen molar-refractivity contribution in [3.63, 3.8) is 0 Å². The van der Waals surface area contributed by atoms with Gasteiger partial charge in [-0.05, 0) is 30.9 Å². The molecule has 0 saturated heterocycles. The highest BCUT2D eigenvalue weighted by Gasteiger charge is 2.27. The lowest BCUT2D eigenvalue weighted by Crippen LogP contribution is -3.13. The SMILES string of the molecule is C[NH+]1C(COCC2CCCC2)=NN=C1c1cccnc1. The van der Waals surface area contributed by atoms with Crippen LogP contribution in [0.1, 0.15) is 31.2 Å². The molecule has 1 atom stereocenters. The molecule has 2 heterocycles. The molecule has 0 bridgehead atoms. The standard InChI is InChI=1S/C15H20N4O/c1-19-14(11-20-10-12-5-2-3-6-12)17-18-15(19)13-7-4-8-16-9-13/h4,7-9,12H,2-3,5-6,10-11H2,1H3/p+1. The Labute approximate surface area is 119 Å². The van der Waals surface area contributed by atoms with Crippen LogP contribution in [-0.4, -0.2) is 36.9 Å². The molecule has 0 amide bonds. The van der Waals surface area contributed by atoms with E-state index >= 15 is 0 Å². The van der Waals surface area contributed by atoms with Crippen molar-refractivity contribution in [3.8, 4) is 0 Å². The Morgan fingerprint density at radius 1 is 1.30 bits per heavy atom. The zero-order valence-corrected chi connectivity index (χ0v) is 11.9. The Kier molecular flexibility index (Phi) is 4.18. The number of pyridine rings is 1. The van der Waals surface area contributed by atoms with Crippen LogP contribution >= 0.6 is 0 Å². The molecule has 0 radical (unpaired) electrons. The molecule has 1 saturated carbocycles. The first kappa shape index (κ1) is 13.4. The third-order valence-electron chi connectivity index (χ3n) is 4.06. The molecule has 20 heavy (non-hydrogen) atoms. The number of rotatable bonds is 5. The minimum atomic E-state index is 0.565. The van der Waals surface area contributed by atoms with Crippen molar-refractivity contribution in [2.75, 3.05) is 20.3 Å². The Hall–Kier alpha value is -1.59. The van der Waals surface area contributed by atoms with Crippen LogP contribution in [0.15, 0.2) is 34.7 Å². The van der Waals surface area contributed by atoms with Gasteiger partial charge in [0.25, 0.3) is 11.7 Å². The van der Waals surface area contributed by atoms with Crippen LogP contribution in [0.25, 0.3) is 0 Å². The molecule has 5 heteroatoms. The smallest absolute Gasteiger partial charge is 0.260 e. The first-order valence-corrected chi connectivity index (χ1v) is 7.31. The maximum absolute atomic E-state index is 5.82. The van der Waals surface area contributed by atoms with E-state index in [-0.39, 0.29) is 0 Å². The van der Waals surface area contributed by atoms with E-state index < -0.39 is 0 Å². The molecule has 1 aromatic heterocycles. The molecule has 1 aliphatic carbocycles. The fourth-order valence-electron chi connectivity index (χ4n) is 2.81. The van der Waals surface area contributed by atoms with E-state index in [1.807, 2.05) is 18.3 Å². The molecule has 3 rings (SSSR count). The van der Waals surface area contributed by atoms with Gasteiger partial charge in [0, 0.05) is 12.4 Å². The number of nitrogens with zero attached hydrogens (tertiary/aromatic N) is 3. The summed E-state index contributed by atoms with van der Waals surface area (Å²) in [5.41, 5.74) is 1.01. The lowest BCUT2D eigenvalue weighted by atomic mass is 10.1. The van der Waals surface area contributed by atoms with Crippen molar-refractivity contribution in [2.45, 2.75) is 25.7 Å². The maximum Gasteiger partial charge on any atom is 0.260 e. The predicted molar refractivity (Wildman–Crippen MR) is 77.9 cm³/mol. The lowest BCUT2D eigenvalue weighted by Gasteiger charge is -2.12. The molecule has 2 aliphatic rings. The van der Waals surface area contributed by atoms with E-state index in [2.05, 4.69) is 22.2 Å². The zero-order valence-electron chi connectivity index (χ0n) is 11.9. The molecule has 1 fully saturated rings. The molecular weight excluding hydrogens is 252 g/mol. The first-order valence-electron chi connectivity index (χ1n) is 7.31. The van der Waals surface area contributed by atoms with Gasteiger partial charge in [-0.3, -0.25) is 4.98 Å². The second-order valence-corrected chi connectivity index (χ2v) is 5.53. The third-order valence-corrected chi connectivity index (χ3v) is 4.06. The minimum absolute atomic E-state index is 0.565. The molecule has 1 aliphatic heterocycles. The Morgan fingerprint density at radius 3 is 2.90 bits per heavy atom. The summed E-state index contributed by atoms with van der Waals surface area (Å²) >= 11 is 0. The van der Waals surface area contributed by atoms with Gasteiger partial charge in [-0.15, -0.1) is 0 Å². The lowest BCUT2D eigenvalue weighted by molar-refractivity contribution is -0.673. The number of quaternary nitrogens is 1. The number of hydrogen-bond donors (Lipinski definition) is 1. The van der Waals surface area contributed by atoms with Crippen molar-refractivity contribution in [1.29, 1.82) is 0 Å². The highest BCUT2D eigenvalue weighted by molar-refractivity contribution is 6.00. The summed E-state index contributed by atoms with van der Waals surface area (Å²) in [7, 11) is 2.05. The summed E-state index contributed by atoms with van der Waals surface area (Å²) in [4.78, 5) is 5.23. The van der Waals surface area contributed by atoms with Crippen molar-refractivity contribution in [3.05, 3.63) is 30.1 Å². The number of amidine groups is 2. The van der Waals surface area contributed by atoms with Crippen LogP contribution in [0.4, 0.5) is 0 Å². The van der Waals surface area contributed by atoms with Gasteiger partial charge in [-0.25, -0.2) is 4.90 Å². The minimum Gasteiger partial charge on any atom is -0.369 e. The van der Waals surface area contributed by atoms with Crippen LogP contribution in [0.3, 0.4) is 0 Å². The van der Waals surface area contributed by atoms with Crippen molar-refractivity contribution in [2.24, 2.45) is 16.1 Å². The first-order chi connectivity index (χ1) is 9.84. The van der Waals surface area contributed by atoms with E-state index in [4.69, 9.17) is 4.74 Å². The summed E-state index contributed by atoms with van der Waals surface area (Å²) in [6, 6.07) is 3.92. The largest absolute Gasteiger partial charge is 0.369 e. The molecule has 106 valence electrons. The second kappa shape index (κ2) is 6.24. The molecule has 1 unspecified atom stereocenters. The van der Waals surface area contributed by atoms with Gasteiger partial charge < -0.3 is 4.74 Å². The average molecular weight is 273 g/mol.